The Labute approximate surface area is 143 Å². The Hall–Kier alpha value is -1.37. The predicted octanol–water partition coefficient (Wildman–Crippen LogP) is 2.57. The molecule has 1 aliphatic carbocycles. The van der Waals surface area contributed by atoms with Crippen LogP contribution in [0.2, 0.25) is 0 Å². The number of hydrogen-bond acceptors (Lipinski definition) is 4. The zero-order valence-electron chi connectivity index (χ0n) is 14.0. The molecular weight excluding hydrogens is 326 g/mol. The van der Waals surface area contributed by atoms with Crippen LogP contribution in [0.5, 0.6) is 5.75 Å². The third-order valence-corrected chi connectivity index (χ3v) is 7.68. The van der Waals surface area contributed by atoms with Crippen molar-refractivity contribution in [3.63, 3.8) is 0 Å². The Balaban J connectivity index is 1.71. The van der Waals surface area contributed by atoms with Crippen molar-refractivity contribution in [3.8, 4) is 5.75 Å². The second-order valence-corrected chi connectivity index (χ2v) is 8.80. The van der Waals surface area contributed by atoms with E-state index < -0.39 is 10.0 Å². The van der Waals surface area contributed by atoms with Crippen LogP contribution >= 0.6 is 0 Å². The molecule has 2 fully saturated rings. The minimum Gasteiger partial charge on any atom is -0.497 e. The van der Waals surface area contributed by atoms with Gasteiger partial charge in [-0.25, -0.2) is 8.42 Å². The van der Waals surface area contributed by atoms with Gasteiger partial charge in [0, 0.05) is 13.2 Å². The Morgan fingerprint density at radius 1 is 1.25 bits per heavy atom. The molecule has 4 rings (SSSR count). The number of rotatable bonds is 3. The molecule has 1 spiro atoms. The monoisotopic (exact) mass is 349 g/mol. The molecular formula is C18H23NO4S. The van der Waals surface area contributed by atoms with Crippen LogP contribution in [0, 0.1) is 0 Å². The van der Waals surface area contributed by atoms with Crippen LogP contribution in [0.15, 0.2) is 23.1 Å². The van der Waals surface area contributed by atoms with E-state index in [2.05, 4.69) is 0 Å². The van der Waals surface area contributed by atoms with Gasteiger partial charge in [0.2, 0.25) is 10.0 Å². The maximum atomic E-state index is 13.3. The van der Waals surface area contributed by atoms with E-state index in [0.29, 0.717) is 31.1 Å². The van der Waals surface area contributed by atoms with E-state index in [1.807, 2.05) is 24.3 Å². The quantitative estimate of drug-likeness (QED) is 0.842. The summed E-state index contributed by atoms with van der Waals surface area (Å²) in [5.41, 5.74) is 1.82. The fourth-order valence-electron chi connectivity index (χ4n) is 4.19. The van der Waals surface area contributed by atoms with Crippen LogP contribution in [-0.2, 0) is 21.2 Å². The summed E-state index contributed by atoms with van der Waals surface area (Å²) in [6, 6.07) is 5.87. The number of benzene rings is 1. The average molecular weight is 349 g/mol. The van der Waals surface area contributed by atoms with Crippen molar-refractivity contribution in [1.82, 2.24) is 4.31 Å². The third-order valence-electron chi connectivity index (χ3n) is 5.55. The highest BCUT2D eigenvalue weighted by Gasteiger charge is 2.50. The number of allylic oxidation sites excluding steroid dienone is 1. The van der Waals surface area contributed by atoms with Gasteiger partial charge in [-0.3, -0.25) is 0 Å². The molecule has 2 saturated heterocycles. The number of sulfonamides is 1. The molecule has 130 valence electrons. The van der Waals surface area contributed by atoms with Crippen LogP contribution in [0.1, 0.15) is 36.8 Å². The molecule has 3 aliphatic rings. The van der Waals surface area contributed by atoms with Gasteiger partial charge in [-0.15, -0.1) is 0 Å². The zero-order chi connectivity index (χ0) is 16.8. The van der Waals surface area contributed by atoms with Crippen molar-refractivity contribution < 1.29 is 17.9 Å². The minimum atomic E-state index is -3.44. The number of hydrogen-bond donors (Lipinski definition) is 0. The Morgan fingerprint density at radius 3 is 2.88 bits per heavy atom. The first-order valence-electron chi connectivity index (χ1n) is 8.53. The van der Waals surface area contributed by atoms with E-state index in [-0.39, 0.29) is 5.54 Å². The minimum absolute atomic E-state index is 0.311. The smallest absolute Gasteiger partial charge is 0.239 e. The molecule has 1 aromatic rings. The first kappa shape index (κ1) is 16.1. The van der Waals surface area contributed by atoms with Crippen molar-refractivity contribution in [1.29, 1.82) is 0 Å². The molecule has 1 aromatic carbocycles. The van der Waals surface area contributed by atoms with Gasteiger partial charge in [0.25, 0.3) is 0 Å². The van der Waals surface area contributed by atoms with Gasteiger partial charge in [-0.05, 0) is 61.4 Å². The standard InChI is InChI=1S/C18H23NO4S/c1-22-16-5-3-14-4-6-17(12-15(14)11-16)24(20,21)19-9-2-7-18(19)8-10-23-13-18/h3,5,11-12H,2,4,6-10,13H2,1H3. The normalized spacial score (nSPS) is 27.3. The molecule has 0 radical (unpaired) electrons. The van der Waals surface area contributed by atoms with E-state index in [4.69, 9.17) is 9.47 Å². The zero-order valence-corrected chi connectivity index (χ0v) is 14.8. The number of fused-ring (bicyclic) bond motifs is 1. The molecule has 1 unspecified atom stereocenters. The summed E-state index contributed by atoms with van der Waals surface area (Å²) in [5.74, 6) is 0.755. The number of methoxy groups -OCH3 is 1. The highest BCUT2D eigenvalue weighted by molar-refractivity contribution is 7.93. The second kappa shape index (κ2) is 5.86. The Kier molecular flexibility index (Phi) is 3.94. The molecule has 0 N–H and O–H groups in total. The van der Waals surface area contributed by atoms with Crippen molar-refractivity contribution in [2.75, 3.05) is 26.9 Å². The summed E-state index contributed by atoms with van der Waals surface area (Å²) in [7, 11) is -1.82. The molecule has 0 amide bonds. The largest absolute Gasteiger partial charge is 0.497 e. The first-order valence-corrected chi connectivity index (χ1v) is 9.97. The predicted molar refractivity (Wildman–Crippen MR) is 92.3 cm³/mol. The lowest BCUT2D eigenvalue weighted by Gasteiger charge is -2.34. The molecule has 24 heavy (non-hydrogen) atoms. The lowest BCUT2D eigenvalue weighted by Crippen LogP contribution is -2.48. The van der Waals surface area contributed by atoms with Gasteiger partial charge in [-0.1, -0.05) is 6.07 Å². The summed E-state index contributed by atoms with van der Waals surface area (Å²) < 4.78 is 39.1. The van der Waals surface area contributed by atoms with Crippen molar-refractivity contribution in [3.05, 3.63) is 34.2 Å². The summed E-state index contributed by atoms with van der Waals surface area (Å²) in [6.45, 7) is 1.79. The molecule has 1 atom stereocenters. The summed E-state index contributed by atoms with van der Waals surface area (Å²) in [4.78, 5) is 0.524. The molecule has 2 aliphatic heterocycles. The SMILES string of the molecule is COc1ccc2c(c1)C=C(S(=O)(=O)N1CCCC13CCOC3)CC2. The average Bonchev–Trinajstić information content (AvgIpc) is 3.24. The van der Waals surface area contributed by atoms with E-state index in [1.54, 1.807) is 11.4 Å². The Bertz CT molecular complexity index is 773. The summed E-state index contributed by atoms with van der Waals surface area (Å²) in [5, 5.41) is 0. The number of ether oxygens (including phenoxy) is 2. The fraction of sp³-hybridized carbons (Fsp3) is 0.556. The second-order valence-electron chi connectivity index (χ2n) is 6.88. The van der Waals surface area contributed by atoms with Crippen molar-refractivity contribution >= 4 is 16.1 Å². The summed E-state index contributed by atoms with van der Waals surface area (Å²) in [6.07, 6.45) is 5.78. The van der Waals surface area contributed by atoms with Crippen LogP contribution in [0.3, 0.4) is 0 Å². The van der Waals surface area contributed by atoms with Crippen LogP contribution in [0.25, 0.3) is 6.08 Å². The molecule has 0 aromatic heterocycles. The highest BCUT2D eigenvalue weighted by atomic mass is 32.2. The van der Waals surface area contributed by atoms with Gasteiger partial charge >= 0.3 is 0 Å². The lowest BCUT2D eigenvalue weighted by molar-refractivity contribution is 0.147. The molecule has 0 saturated carbocycles. The first-order chi connectivity index (χ1) is 11.5. The fourth-order valence-corrected chi connectivity index (χ4v) is 6.22. The maximum absolute atomic E-state index is 13.3. The van der Waals surface area contributed by atoms with Gasteiger partial charge in [-0.2, -0.15) is 4.31 Å². The van der Waals surface area contributed by atoms with Crippen molar-refractivity contribution in [2.24, 2.45) is 0 Å². The molecule has 2 heterocycles. The molecule has 0 bridgehead atoms. The van der Waals surface area contributed by atoms with Crippen LogP contribution in [0.4, 0.5) is 0 Å². The van der Waals surface area contributed by atoms with Crippen LogP contribution in [-0.4, -0.2) is 45.1 Å². The van der Waals surface area contributed by atoms with E-state index >= 15 is 0 Å². The van der Waals surface area contributed by atoms with E-state index in [0.717, 1.165) is 37.0 Å². The van der Waals surface area contributed by atoms with E-state index in [9.17, 15) is 8.42 Å². The van der Waals surface area contributed by atoms with Gasteiger partial charge < -0.3 is 9.47 Å². The number of aryl methyl sites for hydroxylation is 1. The molecule has 5 nitrogen and oxygen atoms in total. The van der Waals surface area contributed by atoms with Gasteiger partial charge in [0.1, 0.15) is 5.75 Å². The highest BCUT2D eigenvalue weighted by Crippen LogP contribution is 2.42. The molecule has 6 heteroatoms. The topological polar surface area (TPSA) is 55.8 Å². The number of nitrogens with zero attached hydrogens (tertiary/aromatic N) is 1. The van der Waals surface area contributed by atoms with Gasteiger partial charge in [0.15, 0.2) is 0 Å². The van der Waals surface area contributed by atoms with Gasteiger partial charge in [0.05, 0.1) is 24.2 Å². The lowest BCUT2D eigenvalue weighted by atomic mass is 9.97. The van der Waals surface area contributed by atoms with Crippen molar-refractivity contribution in [2.45, 2.75) is 37.6 Å². The Morgan fingerprint density at radius 2 is 2.12 bits per heavy atom. The third kappa shape index (κ3) is 2.48. The van der Waals surface area contributed by atoms with E-state index in [1.165, 1.54) is 5.56 Å². The maximum Gasteiger partial charge on any atom is 0.239 e. The van der Waals surface area contributed by atoms with Crippen LogP contribution < -0.4 is 4.74 Å². The summed E-state index contributed by atoms with van der Waals surface area (Å²) >= 11 is 0.